The Morgan fingerprint density at radius 3 is 2.71 bits per heavy atom. The summed E-state index contributed by atoms with van der Waals surface area (Å²) in [6, 6.07) is 10.0. The molecule has 0 atom stereocenters. The van der Waals surface area contributed by atoms with Crippen molar-refractivity contribution in [2.75, 3.05) is 6.61 Å². The van der Waals surface area contributed by atoms with Gasteiger partial charge in [0, 0.05) is 17.8 Å². The summed E-state index contributed by atoms with van der Waals surface area (Å²) in [6.07, 6.45) is 3.70. The molecule has 90 valence electrons. The van der Waals surface area contributed by atoms with E-state index in [0.29, 0.717) is 6.61 Å². The fourth-order valence-corrected chi connectivity index (χ4v) is 1.94. The summed E-state index contributed by atoms with van der Waals surface area (Å²) in [4.78, 5) is 4.80. The van der Waals surface area contributed by atoms with Crippen molar-refractivity contribution in [3.05, 3.63) is 48.3 Å². The highest BCUT2D eigenvalue weighted by atomic mass is 16.6. The molecule has 0 fully saturated rings. The molecule has 4 nitrogen and oxygen atoms in total. The minimum Gasteiger partial charge on any atom is -0.304 e. The molecule has 2 aromatic rings. The Kier molecular flexibility index (Phi) is 3.26. The molecule has 1 aromatic carbocycles. The molecule has 0 aliphatic rings. The van der Waals surface area contributed by atoms with Gasteiger partial charge in [0.1, 0.15) is 0 Å². The van der Waals surface area contributed by atoms with Crippen LogP contribution in [0, 0.1) is 0 Å². The third-order valence-electron chi connectivity index (χ3n) is 2.83. The highest BCUT2D eigenvalue weighted by molar-refractivity contribution is 5.44. The van der Waals surface area contributed by atoms with Gasteiger partial charge in [0.15, 0.2) is 0 Å². The van der Waals surface area contributed by atoms with Crippen molar-refractivity contribution in [1.29, 1.82) is 0 Å². The summed E-state index contributed by atoms with van der Waals surface area (Å²) >= 11 is 0. The third-order valence-corrected chi connectivity index (χ3v) is 2.83. The topological polar surface area (TPSA) is 53.1 Å². The molecule has 0 amide bonds. The number of para-hydroxylation sites is 1. The lowest BCUT2D eigenvalue weighted by Gasteiger charge is -2.26. The van der Waals surface area contributed by atoms with Crippen molar-refractivity contribution < 1.29 is 4.84 Å². The van der Waals surface area contributed by atoms with Crippen LogP contribution in [0.5, 0.6) is 0 Å². The van der Waals surface area contributed by atoms with Crippen LogP contribution in [0.1, 0.15) is 19.4 Å². The fourth-order valence-electron chi connectivity index (χ4n) is 1.94. The minimum absolute atomic E-state index is 0.155. The van der Waals surface area contributed by atoms with Gasteiger partial charge < -0.3 is 4.84 Å². The average molecular weight is 231 g/mol. The molecule has 0 aliphatic carbocycles. The molecule has 4 heteroatoms. The predicted molar refractivity (Wildman–Crippen MR) is 66.7 cm³/mol. The van der Waals surface area contributed by atoms with Crippen LogP contribution in [0.15, 0.2) is 42.7 Å². The van der Waals surface area contributed by atoms with Crippen LogP contribution in [-0.2, 0) is 10.3 Å². The van der Waals surface area contributed by atoms with Gasteiger partial charge in [-0.15, -0.1) is 0 Å². The van der Waals surface area contributed by atoms with Crippen LogP contribution in [-0.4, -0.2) is 16.4 Å². The number of aromatic nitrogens is 2. The molecule has 0 unspecified atom stereocenters. The van der Waals surface area contributed by atoms with Gasteiger partial charge >= 0.3 is 0 Å². The van der Waals surface area contributed by atoms with E-state index in [1.807, 2.05) is 35.1 Å². The summed E-state index contributed by atoms with van der Waals surface area (Å²) in [6.45, 7) is 4.66. The lowest BCUT2D eigenvalue weighted by atomic mass is 9.84. The molecule has 17 heavy (non-hydrogen) atoms. The molecule has 1 heterocycles. The predicted octanol–water partition coefficient (Wildman–Crippen LogP) is 2.04. The van der Waals surface area contributed by atoms with Gasteiger partial charge in [-0.05, 0) is 17.7 Å². The minimum atomic E-state index is -0.155. The molecule has 0 aliphatic heterocycles. The second-order valence-electron chi connectivity index (χ2n) is 4.66. The first kappa shape index (κ1) is 11.8. The maximum Gasteiger partial charge on any atom is 0.0771 e. The van der Waals surface area contributed by atoms with Gasteiger partial charge in [-0.25, -0.2) is 10.6 Å². The number of benzene rings is 1. The van der Waals surface area contributed by atoms with E-state index in [1.54, 1.807) is 6.20 Å². The number of nitrogens with two attached hydrogens (primary N) is 1. The van der Waals surface area contributed by atoms with E-state index in [4.69, 9.17) is 10.7 Å². The fraction of sp³-hybridized carbons (Fsp3) is 0.308. The van der Waals surface area contributed by atoms with Crippen molar-refractivity contribution >= 4 is 0 Å². The zero-order valence-corrected chi connectivity index (χ0v) is 10.1. The zero-order chi connectivity index (χ0) is 12.3. The van der Waals surface area contributed by atoms with Gasteiger partial charge in [0.05, 0.1) is 12.3 Å². The smallest absolute Gasteiger partial charge is 0.0771 e. The molecule has 0 saturated carbocycles. The number of hydrogen-bond donors (Lipinski definition) is 1. The maximum atomic E-state index is 5.20. The Morgan fingerprint density at radius 2 is 2.06 bits per heavy atom. The van der Waals surface area contributed by atoms with Crippen molar-refractivity contribution in [1.82, 2.24) is 9.78 Å². The molecule has 0 radical (unpaired) electrons. The van der Waals surface area contributed by atoms with Crippen LogP contribution in [0.2, 0.25) is 0 Å². The zero-order valence-electron chi connectivity index (χ0n) is 10.1. The second-order valence-corrected chi connectivity index (χ2v) is 4.66. The first-order valence-corrected chi connectivity index (χ1v) is 5.56. The second kappa shape index (κ2) is 4.69. The van der Waals surface area contributed by atoms with Crippen molar-refractivity contribution in [2.24, 2.45) is 5.90 Å². The summed E-state index contributed by atoms with van der Waals surface area (Å²) in [7, 11) is 0. The molecule has 0 spiro atoms. The van der Waals surface area contributed by atoms with Gasteiger partial charge in [0.25, 0.3) is 0 Å². The lowest BCUT2D eigenvalue weighted by Crippen LogP contribution is -2.27. The molecule has 0 bridgehead atoms. The van der Waals surface area contributed by atoms with Crippen LogP contribution in [0.4, 0.5) is 0 Å². The largest absolute Gasteiger partial charge is 0.304 e. The van der Waals surface area contributed by atoms with E-state index in [1.165, 1.54) is 0 Å². The highest BCUT2D eigenvalue weighted by Gasteiger charge is 2.24. The maximum absolute atomic E-state index is 5.20. The Bertz CT molecular complexity index is 477. The normalized spacial score (nSPS) is 11.7. The quantitative estimate of drug-likeness (QED) is 0.819. The molecule has 2 N–H and O–H groups in total. The van der Waals surface area contributed by atoms with Gasteiger partial charge in [-0.3, -0.25) is 0 Å². The number of hydrogen-bond acceptors (Lipinski definition) is 3. The van der Waals surface area contributed by atoms with Crippen LogP contribution in [0.3, 0.4) is 0 Å². The van der Waals surface area contributed by atoms with Crippen LogP contribution < -0.4 is 5.90 Å². The van der Waals surface area contributed by atoms with E-state index in [-0.39, 0.29) is 5.41 Å². The van der Waals surface area contributed by atoms with Crippen LogP contribution in [0.25, 0.3) is 5.69 Å². The van der Waals surface area contributed by atoms with Crippen molar-refractivity contribution in [3.63, 3.8) is 0 Å². The van der Waals surface area contributed by atoms with Crippen molar-refractivity contribution in [2.45, 2.75) is 19.3 Å². The van der Waals surface area contributed by atoms with E-state index < -0.39 is 0 Å². The van der Waals surface area contributed by atoms with Crippen LogP contribution >= 0.6 is 0 Å². The SMILES string of the molecule is CC(C)(CON)c1ccccc1-n1cccn1. The van der Waals surface area contributed by atoms with E-state index in [2.05, 4.69) is 25.0 Å². The number of nitrogens with zero attached hydrogens (tertiary/aromatic N) is 2. The first-order chi connectivity index (χ1) is 8.15. The Labute approximate surface area is 101 Å². The van der Waals surface area contributed by atoms with E-state index in [9.17, 15) is 0 Å². The standard InChI is InChI=1S/C13H17N3O/c1-13(2,10-17-14)11-6-3-4-7-12(11)16-9-5-8-15-16/h3-9H,10,14H2,1-2H3. The summed E-state index contributed by atoms with van der Waals surface area (Å²) in [5.74, 6) is 5.20. The Hall–Kier alpha value is -1.65. The van der Waals surface area contributed by atoms with Gasteiger partial charge in [-0.2, -0.15) is 5.10 Å². The highest BCUT2D eigenvalue weighted by Crippen LogP contribution is 2.28. The third kappa shape index (κ3) is 2.38. The molecule has 1 aromatic heterocycles. The Balaban J connectivity index is 2.48. The molecule has 0 saturated heterocycles. The summed E-state index contributed by atoms with van der Waals surface area (Å²) in [5, 5.41) is 4.27. The summed E-state index contributed by atoms with van der Waals surface area (Å²) in [5.41, 5.74) is 2.06. The first-order valence-electron chi connectivity index (χ1n) is 5.56. The molecule has 2 rings (SSSR count). The monoisotopic (exact) mass is 231 g/mol. The Morgan fingerprint density at radius 1 is 1.29 bits per heavy atom. The molecular formula is C13H17N3O. The van der Waals surface area contributed by atoms with Gasteiger partial charge in [0.2, 0.25) is 0 Å². The van der Waals surface area contributed by atoms with E-state index >= 15 is 0 Å². The summed E-state index contributed by atoms with van der Waals surface area (Å²) < 4.78 is 1.85. The lowest BCUT2D eigenvalue weighted by molar-refractivity contribution is 0.0963. The van der Waals surface area contributed by atoms with Crippen molar-refractivity contribution in [3.8, 4) is 5.69 Å². The van der Waals surface area contributed by atoms with E-state index in [0.717, 1.165) is 11.3 Å². The average Bonchev–Trinajstić information content (AvgIpc) is 2.82. The number of rotatable bonds is 4. The van der Waals surface area contributed by atoms with Gasteiger partial charge in [-0.1, -0.05) is 32.0 Å². The molecular weight excluding hydrogens is 214 g/mol.